The molecule has 2 unspecified atom stereocenters. The molecule has 1 fully saturated rings. The van der Waals surface area contributed by atoms with Crippen LogP contribution in [-0.2, 0) is 9.59 Å². The fraction of sp³-hybridized carbons (Fsp3) is 0.619. The van der Waals surface area contributed by atoms with Crippen LogP contribution in [-0.4, -0.2) is 35.9 Å². The van der Waals surface area contributed by atoms with Gasteiger partial charge in [0.1, 0.15) is 5.75 Å². The van der Waals surface area contributed by atoms with Crippen LogP contribution in [0.5, 0.6) is 5.75 Å². The Labute approximate surface area is 174 Å². The molecule has 168 valence electrons. The standard InChI is InChI=1S/C21H29F3N2O4/c1-13(12-25-16-7-9-17(10-8-16)30-21(22,23)24)26-19(27)18(14(2)20(28)29)11-15-5-3-4-6-15/h7-10,13-15,18,25H,3-6,11-12H2,1-2H3,(H,26,27)(H,28,29)/t13-,14?,18?/m0/s1. The molecular formula is C21H29F3N2O4. The van der Waals surface area contributed by atoms with E-state index < -0.39 is 24.2 Å². The van der Waals surface area contributed by atoms with Gasteiger partial charge in [0.2, 0.25) is 5.91 Å². The Morgan fingerprint density at radius 1 is 1.17 bits per heavy atom. The highest BCUT2D eigenvalue weighted by Crippen LogP contribution is 2.33. The second-order valence-electron chi connectivity index (χ2n) is 7.98. The number of aliphatic carboxylic acids is 1. The minimum Gasteiger partial charge on any atom is -0.481 e. The summed E-state index contributed by atoms with van der Waals surface area (Å²) in [5, 5.41) is 15.3. The fourth-order valence-corrected chi connectivity index (χ4v) is 3.76. The van der Waals surface area contributed by atoms with E-state index in [4.69, 9.17) is 0 Å². The molecule has 2 rings (SSSR count). The zero-order valence-electron chi connectivity index (χ0n) is 17.2. The topological polar surface area (TPSA) is 87.7 Å². The molecule has 9 heteroatoms. The lowest BCUT2D eigenvalue weighted by atomic mass is 9.84. The van der Waals surface area contributed by atoms with Crippen molar-refractivity contribution in [3.8, 4) is 5.75 Å². The van der Waals surface area contributed by atoms with Crippen molar-refractivity contribution in [2.45, 2.75) is 58.4 Å². The molecule has 6 nitrogen and oxygen atoms in total. The molecule has 0 aromatic heterocycles. The van der Waals surface area contributed by atoms with Gasteiger partial charge < -0.3 is 20.5 Å². The van der Waals surface area contributed by atoms with Gasteiger partial charge in [-0.15, -0.1) is 13.2 Å². The van der Waals surface area contributed by atoms with E-state index in [1.807, 2.05) is 0 Å². The van der Waals surface area contributed by atoms with Crippen LogP contribution in [0.15, 0.2) is 24.3 Å². The van der Waals surface area contributed by atoms with Gasteiger partial charge in [0.05, 0.1) is 11.8 Å². The van der Waals surface area contributed by atoms with Gasteiger partial charge in [0, 0.05) is 18.3 Å². The number of carboxylic acids is 1. The molecule has 1 amide bonds. The number of alkyl halides is 3. The molecular weight excluding hydrogens is 401 g/mol. The minimum absolute atomic E-state index is 0.278. The van der Waals surface area contributed by atoms with Crippen LogP contribution in [0.3, 0.4) is 0 Å². The second kappa shape index (κ2) is 10.5. The first-order valence-electron chi connectivity index (χ1n) is 10.2. The first-order valence-corrected chi connectivity index (χ1v) is 10.2. The number of halogens is 3. The van der Waals surface area contributed by atoms with Crippen molar-refractivity contribution in [1.29, 1.82) is 0 Å². The number of hydrogen-bond donors (Lipinski definition) is 3. The van der Waals surface area contributed by atoms with E-state index in [2.05, 4.69) is 15.4 Å². The molecule has 0 radical (unpaired) electrons. The summed E-state index contributed by atoms with van der Waals surface area (Å²) in [5.74, 6) is -2.56. The van der Waals surface area contributed by atoms with Gasteiger partial charge in [-0.3, -0.25) is 9.59 Å². The molecule has 1 aliphatic rings. The number of hydrogen-bond acceptors (Lipinski definition) is 4. The Kier molecular flexibility index (Phi) is 8.37. The Morgan fingerprint density at radius 2 is 1.77 bits per heavy atom. The van der Waals surface area contributed by atoms with Crippen LogP contribution in [0.25, 0.3) is 0 Å². The molecule has 30 heavy (non-hydrogen) atoms. The molecule has 1 saturated carbocycles. The summed E-state index contributed by atoms with van der Waals surface area (Å²) in [5.41, 5.74) is 0.576. The highest BCUT2D eigenvalue weighted by Gasteiger charge is 2.34. The molecule has 3 atom stereocenters. The van der Waals surface area contributed by atoms with E-state index in [1.54, 1.807) is 13.8 Å². The molecule has 0 saturated heterocycles. The average Bonchev–Trinajstić information content (AvgIpc) is 3.17. The molecule has 1 aromatic carbocycles. The van der Waals surface area contributed by atoms with Crippen molar-refractivity contribution in [1.82, 2.24) is 5.32 Å². The fourth-order valence-electron chi connectivity index (χ4n) is 3.76. The van der Waals surface area contributed by atoms with Crippen LogP contribution in [0.4, 0.5) is 18.9 Å². The lowest BCUT2D eigenvalue weighted by Gasteiger charge is -2.25. The maximum Gasteiger partial charge on any atom is 0.573 e. The van der Waals surface area contributed by atoms with Crippen LogP contribution in [0, 0.1) is 17.8 Å². The summed E-state index contributed by atoms with van der Waals surface area (Å²) in [4.78, 5) is 24.2. The number of benzene rings is 1. The molecule has 3 N–H and O–H groups in total. The monoisotopic (exact) mass is 430 g/mol. The van der Waals surface area contributed by atoms with Crippen molar-refractivity contribution < 1.29 is 32.6 Å². The number of carbonyl (C=O) groups is 2. The lowest BCUT2D eigenvalue weighted by Crippen LogP contribution is -2.44. The van der Waals surface area contributed by atoms with Crippen molar-refractivity contribution in [3.63, 3.8) is 0 Å². The van der Waals surface area contributed by atoms with E-state index in [0.717, 1.165) is 25.7 Å². The maximum atomic E-state index is 12.8. The highest BCUT2D eigenvalue weighted by molar-refractivity contribution is 5.84. The molecule has 0 bridgehead atoms. The zero-order valence-corrected chi connectivity index (χ0v) is 17.2. The molecule has 1 aromatic rings. The predicted molar refractivity (Wildman–Crippen MR) is 106 cm³/mol. The third-order valence-electron chi connectivity index (χ3n) is 5.48. The van der Waals surface area contributed by atoms with Crippen LogP contribution < -0.4 is 15.4 Å². The quantitative estimate of drug-likeness (QED) is 0.512. The van der Waals surface area contributed by atoms with E-state index in [1.165, 1.54) is 24.3 Å². The highest BCUT2D eigenvalue weighted by atomic mass is 19.4. The number of ether oxygens (including phenoxy) is 1. The van der Waals surface area contributed by atoms with Crippen molar-refractivity contribution >= 4 is 17.6 Å². The summed E-state index contributed by atoms with van der Waals surface area (Å²) in [6, 6.07) is 5.00. The van der Waals surface area contributed by atoms with E-state index in [0.29, 0.717) is 24.6 Å². The predicted octanol–water partition coefficient (Wildman–Crippen LogP) is 4.42. The van der Waals surface area contributed by atoms with Crippen LogP contribution >= 0.6 is 0 Å². The number of rotatable bonds is 10. The summed E-state index contributed by atoms with van der Waals surface area (Å²) < 4.78 is 40.4. The Hall–Kier alpha value is -2.45. The SMILES string of the molecule is CC(C(=O)O)C(CC1CCCC1)C(=O)N[C@@H](C)CNc1ccc(OC(F)(F)F)cc1. The van der Waals surface area contributed by atoms with Crippen molar-refractivity contribution in [2.75, 3.05) is 11.9 Å². The van der Waals surface area contributed by atoms with Crippen molar-refractivity contribution in [2.24, 2.45) is 17.8 Å². The summed E-state index contributed by atoms with van der Waals surface area (Å²) in [7, 11) is 0. The number of nitrogens with one attached hydrogen (secondary N) is 2. The van der Waals surface area contributed by atoms with Gasteiger partial charge in [0.25, 0.3) is 0 Å². The molecule has 0 heterocycles. The van der Waals surface area contributed by atoms with Crippen LogP contribution in [0.1, 0.15) is 46.0 Å². The third-order valence-corrected chi connectivity index (χ3v) is 5.48. The largest absolute Gasteiger partial charge is 0.573 e. The summed E-state index contributed by atoms with van der Waals surface area (Å²) in [6.07, 6.45) is 0.125. The molecule has 0 spiro atoms. The summed E-state index contributed by atoms with van der Waals surface area (Å²) in [6.45, 7) is 3.68. The first kappa shape index (κ1) is 23.8. The van der Waals surface area contributed by atoms with Gasteiger partial charge in [0.15, 0.2) is 0 Å². The van der Waals surface area contributed by atoms with E-state index in [9.17, 15) is 27.9 Å². The Bertz CT molecular complexity index is 703. The van der Waals surface area contributed by atoms with Gasteiger partial charge in [-0.05, 0) is 43.5 Å². The number of amides is 1. The Morgan fingerprint density at radius 3 is 2.30 bits per heavy atom. The average molecular weight is 430 g/mol. The smallest absolute Gasteiger partial charge is 0.481 e. The van der Waals surface area contributed by atoms with E-state index >= 15 is 0 Å². The Balaban J connectivity index is 1.87. The summed E-state index contributed by atoms with van der Waals surface area (Å²) >= 11 is 0. The number of carboxylic acid groups (broad SMARTS) is 1. The van der Waals surface area contributed by atoms with Gasteiger partial charge in [-0.1, -0.05) is 32.6 Å². The normalized spacial score (nSPS) is 17.8. The second-order valence-corrected chi connectivity index (χ2v) is 7.98. The molecule has 0 aliphatic heterocycles. The van der Waals surface area contributed by atoms with Gasteiger partial charge in [-0.2, -0.15) is 0 Å². The van der Waals surface area contributed by atoms with Gasteiger partial charge in [-0.25, -0.2) is 0 Å². The zero-order chi connectivity index (χ0) is 22.3. The lowest BCUT2D eigenvalue weighted by molar-refractivity contribution is -0.274. The van der Waals surface area contributed by atoms with E-state index in [-0.39, 0.29) is 17.7 Å². The van der Waals surface area contributed by atoms with Gasteiger partial charge >= 0.3 is 12.3 Å². The first-order chi connectivity index (χ1) is 14.0. The molecule has 1 aliphatic carbocycles. The van der Waals surface area contributed by atoms with Crippen molar-refractivity contribution in [3.05, 3.63) is 24.3 Å². The number of anilines is 1. The maximum absolute atomic E-state index is 12.8. The number of carbonyl (C=O) groups excluding carboxylic acids is 1. The minimum atomic E-state index is -4.74. The third kappa shape index (κ3) is 7.76. The van der Waals surface area contributed by atoms with Crippen LogP contribution in [0.2, 0.25) is 0 Å².